The van der Waals surface area contributed by atoms with Gasteiger partial charge in [0.15, 0.2) is 5.82 Å². The van der Waals surface area contributed by atoms with Crippen molar-refractivity contribution in [1.29, 1.82) is 0 Å². The molecule has 1 heterocycles. The zero-order valence-electron chi connectivity index (χ0n) is 7.63. The van der Waals surface area contributed by atoms with E-state index in [2.05, 4.69) is 9.97 Å². The van der Waals surface area contributed by atoms with Gasteiger partial charge in [-0.2, -0.15) is 0 Å². The van der Waals surface area contributed by atoms with Gasteiger partial charge in [-0.3, -0.25) is 5.73 Å². The Balaban J connectivity index is 2.87. The Bertz CT molecular complexity index is 463. The molecule has 0 fully saturated rings. The van der Waals surface area contributed by atoms with E-state index in [0.717, 1.165) is 16.5 Å². The average molecular weight is 172 g/mol. The first-order valence-corrected chi connectivity index (χ1v) is 4.13. The number of hydrogen-bond donors (Lipinski definition) is 0. The molecule has 1 aromatic heterocycles. The highest BCUT2D eigenvalue weighted by Gasteiger charge is 2.02. The Morgan fingerprint density at radius 3 is 2.69 bits per heavy atom. The first kappa shape index (κ1) is 7.98. The maximum absolute atomic E-state index is 7.65. The number of aromatic nitrogens is 2. The van der Waals surface area contributed by atoms with E-state index in [-0.39, 0.29) is 0 Å². The number of rotatable bonds is 0. The Morgan fingerprint density at radius 2 is 1.92 bits per heavy atom. The van der Waals surface area contributed by atoms with E-state index in [1.165, 1.54) is 0 Å². The fourth-order valence-corrected chi connectivity index (χ4v) is 1.36. The molecule has 0 unspecified atom stereocenters. The minimum atomic E-state index is 0.311. The smallest absolute Gasteiger partial charge is 0.156 e. The lowest BCUT2D eigenvalue weighted by molar-refractivity contribution is 1.08. The summed E-state index contributed by atoms with van der Waals surface area (Å²) in [5.74, 6) is 0.965. The molecule has 1 N–H and O–H groups in total. The maximum atomic E-state index is 7.65. The Kier molecular flexibility index (Phi) is 1.65. The highest BCUT2D eigenvalue weighted by atomic mass is 14.9. The third kappa shape index (κ3) is 1.33. The Labute approximate surface area is 76.6 Å². The van der Waals surface area contributed by atoms with E-state index in [1.807, 2.05) is 25.1 Å². The number of hydrogen-bond acceptors (Lipinski definition) is 2. The molecule has 2 aromatic rings. The number of fused-ring (bicyclic) bond motifs is 1. The molecule has 13 heavy (non-hydrogen) atoms. The molecule has 1 aromatic carbocycles. The van der Waals surface area contributed by atoms with Crippen LogP contribution in [-0.2, 0) is 0 Å². The molecule has 0 saturated heterocycles. The zero-order chi connectivity index (χ0) is 9.42. The molecule has 0 aliphatic rings. The summed E-state index contributed by atoms with van der Waals surface area (Å²) >= 11 is 0. The first-order chi connectivity index (χ1) is 6.16. The van der Waals surface area contributed by atoms with Crippen LogP contribution in [0.25, 0.3) is 10.9 Å². The van der Waals surface area contributed by atoms with Crippen LogP contribution in [-0.4, -0.2) is 9.97 Å². The molecule has 3 nitrogen and oxygen atoms in total. The minimum absolute atomic E-state index is 0.311. The van der Waals surface area contributed by atoms with Gasteiger partial charge in [-0.1, -0.05) is 11.6 Å². The van der Waals surface area contributed by atoms with Gasteiger partial charge >= 0.3 is 0 Å². The van der Waals surface area contributed by atoms with Crippen molar-refractivity contribution in [2.24, 2.45) is 0 Å². The van der Waals surface area contributed by atoms with Crippen LogP contribution in [0.4, 0.5) is 5.82 Å². The van der Waals surface area contributed by atoms with Gasteiger partial charge in [0.05, 0.1) is 5.52 Å². The van der Waals surface area contributed by atoms with Crippen molar-refractivity contribution in [3.8, 4) is 0 Å². The Hall–Kier alpha value is -1.64. The van der Waals surface area contributed by atoms with Crippen molar-refractivity contribution >= 4 is 16.7 Å². The van der Waals surface area contributed by atoms with Gasteiger partial charge in [-0.25, -0.2) is 9.97 Å². The predicted molar refractivity (Wildman–Crippen MR) is 51.8 cm³/mol. The number of nitrogens with one attached hydrogen (secondary N) is 1. The third-order valence-electron chi connectivity index (χ3n) is 1.96. The molecule has 0 aliphatic carbocycles. The predicted octanol–water partition coefficient (Wildman–Crippen LogP) is 2.16. The highest BCUT2D eigenvalue weighted by Crippen LogP contribution is 2.19. The standard InChI is InChI=1S/C10H10N3/c1-6-3-4-9-8(5-6)10(11)13-7(2)12-9/h3-5,11H,1-2H3. The van der Waals surface area contributed by atoms with Gasteiger partial charge in [0.2, 0.25) is 0 Å². The lowest BCUT2D eigenvalue weighted by atomic mass is 10.1. The summed E-state index contributed by atoms with van der Waals surface area (Å²) in [4.78, 5) is 8.24. The van der Waals surface area contributed by atoms with Crippen molar-refractivity contribution in [2.45, 2.75) is 13.8 Å². The summed E-state index contributed by atoms with van der Waals surface area (Å²) in [5.41, 5.74) is 9.63. The van der Waals surface area contributed by atoms with Crippen LogP contribution in [0.2, 0.25) is 0 Å². The van der Waals surface area contributed by atoms with Gasteiger partial charge in [0.25, 0.3) is 0 Å². The second-order valence-electron chi connectivity index (χ2n) is 3.14. The molecule has 0 bridgehead atoms. The monoisotopic (exact) mass is 172 g/mol. The van der Waals surface area contributed by atoms with Gasteiger partial charge < -0.3 is 0 Å². The molecule has 65 valence electrons. The molecule has 1 radical (unpaired) electrons. The topological polar surface area (TPSA) is 49.6 Å². The van der Waals surface area contributed by atoms with E-state index >= 15 is 0 Å². The molecule has 0 saturated carbocycles. The Morgan fingerprint density at radius 1 is 1.15 bits per heavy atom. The van der Waals surface area contributed by atoms with Gasteiger partial charge in [-0.05, 0) is 26.0 Å². The summed E-state index contributed by atoms with van der Waals surface area (Å²) in [6.07, 6.45) is 0. The van der Waals surface area contributed by atoms with Crippen molar-refractivity contribution < 1.29 is 0 Å². The summed E-state index contributed by atoms with van der Waals surface area (Å²) in [7, 11) is 0. The van der Waals surface area contributed by atoms with Crippen LogP contribution in [0.5, 0.6) is 0 Å². The summed E-state index contributed by atoms with van der Waals surface area (Å²) in [5, 5.41) is 0.825. The summed E-state index contributed by atoms with van der Waals surface area (Å²) in [6.45, 7) is 3.80. The van der Waals surface area contributed by atoms with Gasteiger partial charge in [0.1, 0.15) is 5.82 Å². The second kappa shape index (κ2) is 2.69. The van der Waals surface area contributed by atoms with Gasteiger partial charge in [-0.15, -0.1) is 0 Å². The van der Waals surface area contributed by atoms with Crippen molar-refractivity contribution in [1.82, 2.24) is 15.7 Å². The molecule has 0 atom stereocenters. The third-order valence-corrected chi connectivity index (χ3v) is 1.96. The van der Waals surface area contributed by atoms with Crippen LogP contribution < -0.4 is 5.73 Å². The number of benzene rings is 1. The van der Waals surface area contributed by atoms with Crippen molar-refractivity contribution in [3.63, 3.8) is 0 Å². The SMILES string of the molecule is Cc1ccc2nc(C)nc([NH])c2c1. The quantitative estimate of drug-likeness (QED) is 0.611. The first-order valence-electron chi connectivity index (χ1n) is 4.13. The van der Waals surface area contributed by atoms with Crippen molar-refractivity contribution in [2.75, 3.05) is 0 Å². The average Bonchev–Trinajstić information content (AvgIpc) is 2.06. The zero-order valence-corrected chi connectivity index (χ0v) is 7.63. The summed E-state index contributed by atoms with van der Waals surface area (Å²) < 4.78 is 0. The van der Waals surface area contributed by atoms with Crippen LogP contribution >= 0.6 is 0 Å². The highest BCUT2D eigenvalue weighted by molar-refractivity contribution is 5.87. The maximum Gasteiger partial charge on any atom is 0.156 e. The normalized spacial score (nSPS) is 10.6. The molecule has 0 amide bonds. The van der Waals surface area contributed by atoms with E-state index in [9.17, 15) is 0 Å². The lowest BCUT2D eigenvalue weighted by Gasteiger charge is -2.01. The molecule has 2 rings (SSSR count). The molecular formula is C10H10N3. The van der Waals surface area contributed by atoms with E-state index in [4.69, 9.17) is 5.73 Å². The fourth-order valence-electron chi connectivity index (χ4n) is 1.36. The van der Waals surface area contributed by atoms with Crippen LogP contribution in [0.3, 0.4) is 0 Å². The van der Waals surface area contributed by atoms with Crippen LogP contribution in [0, 0.1) is 13.8 Å². The summed E-state index contributed by atoms with van der Waals surface area (Å²) in [6, 6.07) is 5.86. The second-order valence-corrected chi connectivity index (χ2v) is 3.14. The molecule has 0 spiro atoms. The number of nitrogens with zero attached hydrogens (tertiary/aromatic N) is 2. The molecule has 0 aliphatic heterocycles. The van der Waals surface area contributed by atoms with E-state index in [0.29, 0.717) is 11.6 Å². The lowest BCUT2D eigenvalue weighted by Crippen LogP contribution is -1.91. The van der Waals surface area contributed by atoms with Gasteiger partial charge in [0, 0.05) is 5.39 Å². The van der Waals surface area contributed by atoms with Crippen LogP contribution in [0.1, 0.15) is 11.4 Å². The fraction of sp³-hybridized carbons (Fsp3) is 0.200. The van der Waals surface area contributed by atoms with Crippen molar-refractivity contribution in [3.05, 3.63) is 29.6 Å². The van der Waals surface area contributed by atoms with E-state index < -0.39 is 0 Å². The molecular weight excluding hydrogens is 162 g/mol. The molecule has 3 heteroatoms. The van der Waals surface area contributed by atoms with Crippen LogP contribution in [0.15, 0.2) is 18.2 Å². The minimum Gasteiger partial charge on any atom is -0.282 e. The number of aryl methyl sites for hydroxylation is 2. The van der Waals surface area contributed by atoms with E-state index in [1.54, 1.807) is 6.92 Å². The largest absolute Gasteiger partial charge is 0.282 e.